The molecule has 1 spiro atoms. The zero-order chi connectivity index (χ0) is 18.7. The van der Waals surface area contributed by atoms with E-state index in [0.717, 1.165) is 5.56 Å². The number of ether oxygens (including phenoxy) is 2. The number of amides is 1. The Hall–Kier alpha value is -2.22. The number of rotatable bonds is 4. The minimum Gasteiger partial charge on any atom is -0.365 e. The van der Waals surface area contributed by atoms with Crippen LogP contribution in [0.3, 0.4) is 0 Å². The van der Waals surface area contributed by atoms with E-state index in [4.69, 9.17) is 21.1 Å². The molecule has 8 heteroatoms. The summed E-state index contributed by atoms with van der Waals surface area (Å²) in [6, 6.07) is 7.61. The zero-order valence-electron chi connectivity index (χ0n) is 14.9. The lowest BCUT2D eigenvalue weighted by molar-refractivity contribution is -0.181. The molecule has 1 aromatic heterocycles. The highest BCUT2D eigenvalue weighted by molar-refractivity contribution is 6.31. The standard InChI is InChI=1S/C19H21ClN4O3/c20-15-4-2-1-3-14(15)11-22-17-13-21-16(12-23-17)18(25)24-7-5-19(6-8-24)26-9-10-27-19/h1-4,12-13H,5-11H2,(H,22,23). The molecular formula is C19H21ClN4O3. The van der Waals surface area contributed by atoms with Gasteiger partial charge in [0.1, 0.15) is 11.5 Å². The van der Waals surface area contributed by atoms with Gasteiger partial charge in [0.25, 0.3) is 5.91 Å². The number of halogens is 1. The highest BCUT2D eigenvalue weighted by atomic mass is 35.5. The Kier molecular flexibility index (Phi) is 5.24. The summed E-state index contributed by atoms with van der Waals surface area (Å²) < 4.78 is 11.4. The number of nitrogens with zero attached hydrogens (tertiary/aromatic N) is 3. The number of carbonyl (C=O) groups is 1. The predicted molar refractivity (Wildman–Crippen MR) is 101 cm³/mol. The third-order valence-electron chi connectivity index (χ3n) is 4.91. The van der Waals surface area contributed by atoms with Crippen molar-refractivity contribution in [2.24, 2.45) is 0 Å². The molecule has 142 valence electrons. The summed E-state index contributed by atoms with van der Waals surface area (Å²) in [7, 11) is 0. The van der Waals surface area contributed by atoms with Gasteiger partial charge >= 0.3 is 0 Å². The molecule has 1 N–H and O–H groups in total. The minimum absolute atomic E-state index is 0.118. The van der Waals surface area contributed by atoms with Crippen LogP contribution in [0.2, 0.25) is 5.02 Å². The van der Waals surface area contributed by atoms with E-state index in [9.17, 15) is 4.79 Å². The van der Waals surface area contributed by atoms with Gasteiger partial charge in [-0.1, -0.05) is 29.8 Å². The normalized spacial score (nSPS) is 18.6. The van der Waals surface area contributed by atoms with Gasteiger partial charge in [-0.15, -0.1) is 0 Å². The van der Waals surface area contributed by atoms with Crippen molar-refractivity contribution in [2.75, 3.05) is 31.6 Å². The second kappa shape index (κ2) is 7.80. The molecule has 2 aromatic rings. The van der Waals surface area contributed by atoms with E-state index in [1.165, 1.54) is 6.20 Å². The highest BCUT2D eigenvalue weighted by Gasteiger charge is 2.41. The lowest BCUT2D eigenvalue weighted by Gasteiger charge is -2.37. The first-order valence-electron chi connectivity index (χ1n) is 9.02. The molecule has 1 aromatic carbocycles. The van der Waals surface area contributed by atoms with E-state index in [2.05, 4.69) is 15.3 Å². The van der Waals surface area contributed by atoms with Crippen molar-refractivity contribution in [2.45, 2.75) is 25.2 Å². The van der Waals surface area contributed by atoms with Gasteiger partial charge in [0.2, 0.25) is 0 Å². The molecule has 0 unspecified atom stereocenters. The van der Waals surface area contributed by atoms with Gasteiger partial charge in [0, 0.05) is 37.5 Å². The number of hydrogen-bond donors (Lipinski definition) is 1. The van der Waals surface area contributed by atoms with Crippen LogP contribution in [0.4, 0.5) is 5.82 Å². The van der Waals surface area contributed by atoms with E-state index in [1.807, 2.05) is 24.3 Å². The lowest BCUT2D eigenvalue weighted by atomic mass is 10.0. The van der Waals surface area contributed by atoms with Gasteiger partial charge in [-0.05, 0) is 11.6 Å². The molecule has 27 heavy (non-hydrogen) atoms. The van der Waals surface area contributed by atoms with Crippen molar-refractivity contribution in [3.63, 3.8) is 0 Å². The fourth-order valence-corrected chi connectivity index (χ4v) is 3.56. The number of likely N-dealkylation sites (tertiary alicyclic amines) is 1. The van der Waals surface area contributed by atoms with Crippen molar-refractivity contribution in [1.29, 1.82) is 0 Å². The number of anilines is 1. The van der Waals surface area contributed by atoms with Gasteiger partial charge in [-0.25, -0.2) is 9.97 Å². The van der Waals surface area contributed by atoms with Crippen LogP contribution in [0.5, 0.6) is 0 Å². The topological polar surface area (TPSA) is 76.6 Å². The van der Waals surface area contributed by atoms with Gasteiger partial charge in [0.05, 0.1) is 25.6 Å². The van der Waals surface area contributed by atoms with Crippen LogP contribution >= 0.6 is 11.6 Å². The second-order valence-electron chi connectivity index (χ2n) is 6.63. The van der Waals surface area contributed by atoms with Gasteiger partial charge < -0.3 is 19.7 Å². The molecule has 2 fully saturated rings. The summed E-state index contributed by atoms with van der Waals surface area (Å²) in [5, 5.41) is 3.86. The lowest BCUT2D eigenvalue weighted by Crippen LogP contribution is -2.47. The van der Waals surface area contributed by atoms with Gasteiger partial charge in [-0.2, -0.15) is 0 Å². The first-order valence-corrected chi connectivity index (χ1v) is 9.40. The maximum Gasteiger partial charge on any atom is 0.274 e. The van der Waals surface area contributed by atoms with Gasteiger partial charge in [-0.3, -0.25) is 4.79 Å². The van der Waals surface area contributed by atoms with Crippen molar-refractivity contribution in [3.8, 4) is 0 Å². The molecule has 0 bridgehead atoms. The van der Waals surface area contributed by atoms with Crippen LogP contribution in [0, 0.1) is 0 Å². The average Bonchev–Trinajstić information content (AvgIpc) is 3.16. The summed E-state index contributed by atoms with van der Waals surface area (Å²) in [5.41, 5.74) is 1.31. The van der Waals surface area contributed by atoms with E-state index in [-0.39, 0.29) is 5.91 Å². The van der Waals surface area contributed by atoms with E-state index >= 15 is 0 Å². The highest BCUT2D eigenvalue weighted by Crippen LogP contribution is 2.31. The zero-order valence-corrected chi connectivity index (χ0v) is 15.6. The molecule has 3 heterocycles. The largest absolute Gasteiger partial charge is 0.365 e. The Morgan fingerprint density at radius 1 is 1.15 bits per heavy atom. The van der Waals surface area contributed by atoms with Crippen molar-refractivity contribution < 1.29 is 14.3 Å². The van der Waals surface area contributed by atoms with Gasteiger partial charge in [0.15, 0.2) is 5.79 Å². The Morgan fingerprint density at radius 3 is 2.56 bits per heavy atom. The Bertz CT molecular complexity index is 799. The molecule has 4 rings (SSSR count). The Morgan fingerprint density at radius 2 is 1.89 bits per heavy atom. The Labute approximate surface area is 162 Å². The summed E-state index contributed by atoms with van der Waals surface area (Å²) in [6.45, 7) is 2.97. The number of carbonyl (C=O) groups excluding carboxylic acids is 1. The molecule has 2 aliphatic heterocycles. The molecule has 2 saturated heterocycles. The summed E-state index contributed by atoms with van der Waals surface area (Å²) in [5.74, 6) is -0.0144. The fraction of sp³-hybridized carbons (Fsp3) is 0.421. The summed E-state index contributed by atoms with van der Waals surface area (Å²) in [4.78, 5) is 23.0. The summed E-state index contributed by atoms with van der Waals surface area (Å²) >= 11 is 6.14. The van der Waals surface area contributed by atoms with E-state index in [1.54, 1.807) is 11.1 Å². The van der Waals surface area contributed by atoms with Crippen LogP contribution < -0.4 is 5.32 Å². The van der Waals surface area contributed by atoms with Crippen LogP contribution in [-0.2, 0) is 16.0 Å². The molecule has 0 aliphatic carbocycles. The smallest absolute Gasteiger partial charge is 0.274 e. The first-order chi connectivity index (χ1) is 13.2. The monoisotopic (exact) mass is 388 g/mol. The Balaban J connectivity index is 1.33. The van der Waals surface area contributed by atoms with Crippen molar-refractivity contribution in [1.82, 2.24) is 14.9 Å². The molecule has 7 nitrogen and oxygen atoms in total. The van der Waals surface area contributed by atoms with Crippen LogP contribution in [0.25, 0.3) is 0 Å². The number of hydrogen-bond acceptors (Lipinski definition) is 6. The molecule has 0 radical (unpaired) electrons. The maximum absolute atomic E-state index is 12.6. The minimum atomic E-state index is -0.491. The molecular weight excluding hydrogens is 368 g/mol. The maximum atomic E-state index is 12.6. The molecule has 1 amide bonds. The SMILES string of the molecule is O=C(c1cnc(NCc2ccccc2Cl)cn1)N1CCC2(CC1)OCCO2. The number of nitrogens with one attached hydrogen (secondary N) is 1. The molecule has 2 aliphatic rings. The van der Waals surface area contributed by atoms with E-state index < -0.39 is 5.79 Å². The van der Waals surface area contributed by atoms with Crippen LogP contribution in [0.15, 0.2) is 36.7 Å². The van der Waals surface area contributed by atoms with Crippen LogP contribution in [0.1, 0.15) is 28.9 Å². The van der Waals surface area contributed by atoms with Crippen molar-refractivity contribution >= 4 is 23.3 Å². The fourth-order valence-electron chi connectivity index (χ4n) is 3.36. The number of piperidine rings is 1. The van der Waals surface area contributed by atoms with Crippen LogP contribution in [-0.4, -0.2) is 52.9 Å². The molecule has 0 atom stereocenters. The van der Waals surface area contributed by atoms with Crippen molar-refractivity contribution in [3.05, 3.63) is 52.9 Å². The predicted octanol–water partition coefficient (Wildman–Crippen LogP) is 2.72. The number of benzene rings is 1. The number of aromatic nitrogens is 2. The second-order valence-corrected chi connectivity index (χ2v) is 7.04. The third-order valence-corrected chi connectivity index (χ3v) is 5.28. The molecule has 0 saturated carbocycles. The summed E-state index contributed by atoms with van der Waals surface area (Å²) in [6.07, 6.45) is 4.44. The third kappa shape index (κ3) is 4.05. The quantitative estimate of drug-likeness (QED) is 0.867. The van der Waals surface area contributed by atoms with E-state index in [0.29, 0.717) is 62.2 Å². The first kappa shape index (κ1) is 18.2. The average molecular weight is 389 g/mol.